The zero-order valence-electron chi connectivity index (χ0n) is 11.5. The van der Waals surface area contributed by atoms with Crippen LogP contribution in [0.3, 0.4) is 0 Å². The molecule has 20 heavy (non-hydrogen) atoms. The lowest BCUT2D eigenvalue weighted by atomic mass is 10.2. The van der Waals surface area contributed by atoms with Crippen LogP contribution in [-0.4, -0.2) is 33.1 Å². The number of amides is 1. The molecule has 8 heteroatoms. The number of hydrogen-bond donors (Lipinski definition) is 2. The lowest BCUT2D eigenvalue weighted by molar-refractivity contribution is -0.389. The molecule has 1 rings (SSSR count). The van der Waals surface area contributed by atoms with Crippen molar-refractivity contribution in [3.05, 3.63) is 22.1 Å². The fourth-order valence-electron chi connectivity index (χ4n) is 1.21. The number of hydrogen-bond acceptors (Lipinski definition) is 5. The fourth-order valence-corrected chi connectivity index (χ4v) is 1.21. The number of rotatable bonds is 3. The minimum absolute atomic E-state index is 0.0762. The van der Waals surface area contributed by atoms with Crippen LogP contribution < -0.4 is 5.32 Å². The Morgan fingerprint density at radius 1 is 1.60 bits per heavy atom. The molecule has 0 unspecified atom stereocenters. The lowest BCUT2D eigenvalue weighted by Crippen LogP contribution is -2.32. The van der Waals surface area contributed by atoms with Crippen molar-refractivity contribution in [2.45, 2.75) is 32.8 Å². The number of H-pyrrole nitrogens is 1. The van der Waals surface area contributed by atoms with Crippen molar-refractivity contribution in [1.29, 1.82) is 0 Å². The van der Waals surface area contributed by atoms with Crippen LogP contribution in [0.5, 0.6) is 0 Å². The van der Waals surface area contributed by atoms with E-state index >= 15 is 0 Å². The number of aromatic nitrogens is 2. The summed E-state index contributed by atoms with van der Waals surface area (Å²) in [6.07, 6.45) is 1.02. The largest absolute Gasteiger partial charge is 0.444 e. The third-order valence-corrected chi connectivity index (χ3v) is 1.93. The summed E-state index contributed by atoms with van der Waals surface area (Å²) in [5.41, 5.74) is -0.474. The predicted molar refractivity (Wildman–Crippen MR) is 71.0 cm³/mol. The molecule has 0 radical (unpaired) electrons. The van der Waals surface area contributed by atoms with E-state index in [1.165, 1.54) is 6.33 Å². The minimum atomic E-state index is -0.587. The Bertz CT molecular complexity index is 548. The molecular weight excluding hydrogens is 264 g/mol. The molecule has 1 amide bonds. The number of nitrogens with zero attached hydrogens (tertiary/aromatic N) is 2. The van der Waals surface area contributed by atoms with Gasteiger partial charge >= 0.3 is 11.9 Å². The summed E-state index contributed by atoms with van der Waals surface area (Å²) in [6, 6.07) is 0. The molecule has 0 fully saturated rings. The summed E-state index contributed by atoms with van der Waals surface area (Å²) in [4.78, 5) is 27.4. The number of nitro groups is 1. The molecule has 0 saturated carbocycles. The Morgan fingerprint density at radius 2 is 2.30 bits per heavy atom. The first-order valence-electron chi connectivity index (χ1n) is 5.93. The van der Waals surface area contributed by atoms with E-state index in [0.29, 0.717) is 13.0 Å². The lowest BCUT2D eigenvalue weighted by Gasteiger charge is -2.19. The molecular formula is C12H16N4O4. The normalized spacial score (nSPS) is 10.3. The zero-order valence-corrected chi connectivity index (χ0v) is 11.5. The molecule has 1 aromatic rings. The highest BCUT2D eigenvalue weighted by molar-refractivity contribution is 5.67. The van der Waals surface area contributed by atoms with Crippen molar-refractivity contribution in [3.63, 3.8) is 0 Å². The highest BCUT2D eigenvalue weighted by Gasteiger charge is 2.15. The standard InChI is InChI=1S/C12H16N4O4/c1-12(2,3)20-11(17)13-7-5-4-6-9-10(16(18)19)15-8-14-9/h8H,5,7H2,1-3H3,(H,13,17)(H,14,15). The Balaban J connectivity index is 2.39. The summed E-state index contributed by atoms with van der Waals surface area (Å²) >= 11 is 0. The van der Waals surface area contributed by atoms with Crippen LogP contribution in [0.2, 0.25) is 0 Å². The maximum absolute atomic E-state index is 11.3. The first-order chi connectivity index (χ1) is 9.29. The highest BCUT2D eigenvalue weighted by atomic mass is 16.6. The maximum atomic E-state index is 11.3. The van der Waals surface area contributed by atoms with E-state index in [9.17, 15) is 14.9 Å². The number of alkyl carbamates (subject to hydrolysis) is 1. The summed E-state index contributed by atoms with van der Waals surface area (Å²) < 4.78 is 5.04. The van der Waals surface area contributed by atoms with Gasteiger partial charge in [-0.15, -0.1) is 0 Å². The Labute approximate surface area is 116 Å². The number of nitrogens with one attached hydrogen (secondary N) is 2. The number of ether oxygens (including phenoxy) is 1. The maximum Gasteiger partial charge on any atom is 0.407 e. The SMILES string of the molecule is CC(C)(C)OC(=O)NCCC#Cc1nc[nH]c1[N+](=O)[O-]. The molecule has 0 aromatic carbocycles. The van der Waals surface area contributed by atoms with Crippen molar-refractivity contribution in [2.75, 3.05) is 6.54 Å². The number of carbonyl (C=O) groups excluding carboxylic acids is 1. The van der Waals surface area contributed by atoms with Gasteiger partial charge in [-0.05, 0) is 31.6 Å². The molecule has 1 aromatic heterocycles. The molecule has 2 N–H and O–H groups in total. The number of aromatic amines is 1. The van der Waals surface area contributed by atoms with Gasteiger partial charge in [0.15, 0.2) is 6.33 Å². The van der Waals surface area contributed by atoms with Crippen LogP contribution in [0.1, 0.15) is 32.9 Å². The van der Waals surface area contributed by atoms with E-state index in [0.717, 1.165) is 0 Å². The Kier molecular flexibility index (Phi) is 5.08. The first kappa shape index (κ1) is 15.5. The summed E-state index contributed by atoms with van der Waals surface area (Å²) in [5, 5.41) is 13.1. The molecule has 108 valence electrons. The molecule has 1 heterocycles. The van der Waals surface area contributed by atoms with Gasteiger partial charge in [-0.3, -0.25) is 0 Å². The molecule has 0 aliphatic heterocycles. The zero-order chi connectivity index (χ0) is 15.2. The van der Waals surface area contributed by atoms with Crippen molar-refractivity contribution in [2.24, 2.45) is 0 Å². The van der Waals surface area contributed by atoms with Gasteiger partial charge in [-0.1, -0.05) is 5.92 Å². The van der Waals surface area contributed by atoms with Crippen LogP contribution in [0.25, 0.3) is 0 Å². The van der Waals surface area contributed by atoms with Crippen LogP contribution in [0.4, 0.5) is 10.6 Å². The van der Waals surface area contributed by atoms with Crippen molar-refractivity contribution < 1.29 is 14.5 Å². The third kappa shape index (κ3) is 5.39. The van der Waals surface area contributed by atoms with E-state index in [1.807, 2.05) is 0 Å². The van der Waals surface area contributed by atoms with Crippen LogP contribution in [-0.2, 0) is 4.74 Å². The monoisotopic (exact) mass is 280 g/mol. The molecule has 0 saturated heterocycles. The molecule has 0 aliphatic carbocycles. The van der Waals surface area contributed by atoms with E-state index in [1.54, 1.807) is 20.8 Å². The van der Waals surface area contributed by atoms with Gasteiger partial charge in [0.05, 0.1) is 0 Å². The molecule has 0 atom stereocenters. The number of carbonyl (C=O) groups is 1. The van der Waals surface area contributed by atoms with E-state index in [-0.39, 0.29) is 11.5 Å². The van der Waals surface area contributed by atoms with E-state index in [2.05, 4.69) is 27.1 Å². The second-order valence-corrected chi connectivity index (χ2v) is 4.84. The second-order valence-electron chi connectivity index (χ2n) is 4.84. The first-order valence-corrected chi connectivity index (χ1v) is 5.93. The van der Waals surface area contributed by atoms with Crippen molar-refractivity contribution in [1.82, 2.24) is 15.3 Å². The van der Waals surface area contributed by atoms with Gasteiger partial charge in [0.25, 0.3) is 0 Å². The van der Waals surface area contributed by atoms with Crippen molar-refractivity contribution >= 4 is 11.9 Å². The summed E-state index contributed by atoms with van der Waals surface area (Å²) in [6.45, 7) is 5.59. The molecule has 0 spiro atoms. The Morgan fingerprint density at radius 3 is 2.90 bits per heavy atom. The average molecular weight is 280 g/mol. The van der Waals surface area contributed by atoms with Gasteiger partial charge in [0.1, 0.15) is 5.60 Å². The van der Waals surface area contributed by atoms with E-state index < -0.39 is 16.6 Å². The van der Waals surface area contributed by atoms with Gasteiger partial charge < -0.3 is 20.2 Å². The molecule has 0 aliphatic rings. The van der Waals surface area contributed by atoms with Gasteiger partial charge in [0.2, 0.25) is 5.69 Å². The second kappa shape index (κ2) is 6.56. The van der Waals surface area contributed by atoms with E-state index in [4.69, 9.17) is 4.74 Å². The number of imidazole rings is 1. The topological polar surface area (TPSA) is 110 Å². The van der Waals surface area contributed by atoms with Gasteiger partial charge in [-0.2, -0.15) is 4.98 Å². The summed E-state index contributed by atoms with van der Waals surface area (Å²) in [5.74, 6) is 5.03. The van der Waals surface area contributed by atoms with Crippen molar-refractivity contribution in [3.8, 4) is 11.8 Å². The van der Waals surface area contributed by atoms with Crippen LogP contribution in [0, 0.1) is 22.0 Å². The van der Waals surface area contributed by atoms with Crippen LogP contribution >= 0.6 is 0 Å². The smallest absolute Gasteiger partial charge is 0.407 e. The van der Waals surface area contributed by atoms with Crippen LogP contribution in [0.15, 0.2) is 6.33 Å². The highest BCUT2D eigenvalue weighted by Crippen LogP contribution is 2.10. The fraction of sp³-hybridized carbons (Fsp3) is 0.500. The predicted octanol–water partition coefficient (Wildman–Crippen LogP) is 1.58. The summed E-state index contributed by atoms with van der Waals surface area (Å²) in [7, 11) is 0. The third-order valence-electron chi connectivity index (χ3n) is 1.93. The molecule has 8 nitrogen and oxygen atoms in total. The van der Waals surface area contributed by atoms with Gasteiger partial charge in [-0.25, -0.2) is 9.78 Å². The minimum Gasteiger partial charge on any atom is -0.444 e. The Hall–Kier alpha value is -2.56. The quantitative estimate of drug-likeness (QED) is 0.378. The van der Waals surface area contributed by atoms with Gasteiger partial charge in [0, 0.05) is 13.0 Å². The molecule has 0 bridgehead atoms. The average Bonchev–Trinajstić information content (AvgIpc) is 2.74.